The Kier molecular flexibility index (Phi) is 22.7. The van der Waals surface area contributed by atoms with Crippen molar-refractivity contribution in [2.45, 2.75) is 91.5 Å². The summed E-state index contributed by atoms with van der Waals surface area (Å²) in [6, 6.07) is 31.3. The van der Waals surface area contributed by atoms with Crippen LogP contribution in [0, 0.1) is 19.4 Å². The minimum Gasteiger partial charge on any atom is -0.675 e. The van der Waals surface area contributed by atoms with Gasteiger partial charge in [-0.2, -0.15) is 11.1 Å². The molecule has 3 aromatic rings. The molecule has 0 aromatic heterocycles. The largest absolute Gasteiger partial charge is 0.675 e. The predicted octanol–water partition coefficient (Wildman–Crippen LogP) is 10.4. The molecular formula is C38H53HfNSi-3. The summed E-state index contributed by atoms with van der Waals surface area (Å²) in [4.78, 5) is 0. The van der Waals surface area contributed by atoms with Gasteiger partial charge in [-0.05, 0) is 11.1 Å². The Hall–Kier alpha value is -1.81. The van der Waals surface area contributed by atoms with E-state index in [1.54, 1.807) is 0 Å². The van der Waals surface area contributed by atoms with Crippen LogP contribution in [0.2, 0.25) is 0 Å². The molecule has 41 heavy (non-hydrogen) atoms. The van der Waals surface area contributed by atoms with Crippen LogP contribution < -0.4 is 5.19 Å². The summed E-state index contributed by atoms with van der Waals surface area (Å²) in [6.07, 6.45) is 15.3. The van der Waals surface area contributed by atoms with Gasteiger partial charge in [0.2, 0.25) is 0 Å². The van der Waals surface area contributed by atoms with Gasteiger partial charge in [0, 0.05) is 36.1 Å². The van der Waals surface area contributed by atoms with Crippen molar-refractivity contribution < 1.29 is 25.8 Å². The first kappa shape index (κ1) is 39.2. The van der Waals surface area contributed by atoms with Gasteiger partial charge >= 0.3 is 0 Å². The Balaban J connectivity index is 0.000000521. The van der Waals surface area contributed by atoms with E-state index >= 15 is 0 Å². The molecule has 0 heterocycles. The van der Waals surface area contributed by atoms with Crippen molar-refractivity contribution in [2.24, 2.45) is 5.92 Å². The van der Waals surface area contributed by atoms with Crippen molar-refractivity contribution in [3.63, 3.8) is 0 Å². The van der Waals surface area contributed by atoms with Gasteiger partial charge in [-0.25, -0.2) is 5.57 Å². The molecule has 0 spiro atoms. The van der Waals surface area contributed by atoms with Crippen LogP contribution in [0.4, 0.5) is 0 Å². The normalized spacial score (nSPS) is 16.9. The molecule has 1 atom stereocenters. The average Bonchev–Trinajstić information content (AvgIpc) is 3.19. The second-order valence-electron chi connectivity index (χ2n) is 10.8. The van der Waals surface area contributed by atoms with Crippen LogP contribution in [0.15, 0.2) is 108 Å². The average molecular weight is 730 g/mol. The fourth-order valence-corrected chi connectivity index (χ4v) is 4.98. The first-order valence-electron chi connectivity index (χ1n) is 14.8. The van der Waals surface area contributed by atoms with E-state index in [4.69, 9.17) is 5.73 Å². The summed E-state index contributed by atoms with van der Waals surface area (Å²) in [6.45, 7) is 8.67. The van der Waals surface area contributed by atoms with Gasteiger partial charge < -0.3 is 13.2 Å². The Morgan fingerprint density at radius 2 is 1.00 bits per heavy atom. The molecule has 2 aliphatic rings. The molecule has 0 saturated heterocycles. The molecule has 1 nitrogen and oxygen atoms in total. The van der Waals surface area contributed by atoms with Crippen molar-refractivity contribution in [1.29, 1.82) is 0 Å². The summed E-state index contributed by atoms with van der Waals surface area (Å²) >= 11 is 0. The van der Waals surface area contributed by atoms with Crippen molar-refractivity contribution in [3.05, 3.63) is 127 Å². The van der Waals surface area contributed by atoms with E-state index in [9.17, 15) is 0 Å². The third kappa shape index (κ3) is 17.0. The maximum Gasteiger partial charge on any atom is 0.0477 e. The van der Waals surface area contributed by atoms with Crippen LogP contribution in [-0.4, -0.2) is 16.3 Å². The van der Waals surface area contributed by atoms with Gasteiger partial charge in [-0.3, -0.25) is 6.08 Å². The van der Waals surface area contributed by atoms with E-state index in [1.807, 2.05) is 40.6 Å². The molecular weight excluding hydrogens is 677 g/mol. The second kappa shape index (κ2) is 23.7. The fraction of sp³-hybridized carbons (Fsp3) is 0.395. The molecule has 1 fully saturated rings. The zero-order chi connectivity index (χ0) is 28.3. The summed E-state index contributed by atoms with van der Waals surface area (Å²) in [7, 11) is 1.90. The number of hydrogen-bond donors (Lipinski definition) is 0. The molecule has 3 heteroatoms. The molecule has 0 aliphatic heterocycles. The van der Waals surface area contributed by atoms with Crippen LogP contribution in [0.1, 0.15) is 85.5 Å². The zero-order valence-corrected chi connectivity index (χ0v) is 31.4. The minimum atomic E-state index is 0. The van der Waals surface area contributed by atoms with Gasteiger partial charge in [-0.1, -0.05) is 181 Å². The quantitative estimate of drug-likeness (QED) is 0.176. The molecule has 1 radical (unpaired) electrons. The Bertz CT molecular complexity index is 1050. The van der Waals surface area contributed by atoms with Crippen LogP contribution >= 0.6 is 0 Å². The van der Waals surface area contributed by atoms with E-state index in [2.05, 4.69) is 94.4 Å². The molecule has 1 N–H and O–H groups in total. The SMILES string of the molecule is CC1=[C-]C(C)C(C)=C1C.[CH3-].[Hf].[NH-]C1CCCCCCCCC1.[SiH2]c1ccccc1.c1ccc(-c2ccccc2)cc1. The van der Waals surface area contributed by atoms with Crippen molar-refractivity contribution in [2.75, 3.05) is 0 Å². The van der Waals surface area contributed by atoms with Crippen molar-refractivity contribution in [1.82, 2.24) is 0 Å². The van der Waals surface area contributed by atoms with E-state index < -0.39 is 0 Å². The molecule has 0 amide bonds. The first-order valence-corrected chi connectivity index (χ1v) is 15.6. The summed E-state index contributed by atoms with van der Waals surface area (Å²) in [5, 5.41) is 1.35. The van der Waals surface area contributed by atoms with E-state index in [0.717, 1.165) is 12.8 Å². The number of allylic oxidation sites excluding steroid dienone is 4. The molecule has 221 valence electrons. The summed E-state index contributed by atoms with van der Waals surface area (Å²) in [5.74, 6) is 0.560. The topological polar surface area (TPSA) is 23.8 Å². The molecule has 3 aromatic carbocycles. The van der Waals surface area contributed by atoms with Gasteiger partial charge in [-0.15, -0.1) is 13.0 Å². The smallest absolute Gasteiger partial charge is 0.0477 e. The fourth-order valence-electron chi connectivity index (χ4n) is 4.71. The van der Waals surface area contributed by atoms with E-state index in [0.29, 0.717) is 5.92 Å². The van der Waals surface area contributed by atoms with Crippen molar-refractivity contribution >= 4 is 15.4 Å². The van der Waals surface area contributed by atoms with Gasteiger partial charge in [0.05, 0.1) is 0 Å². The molecule has 1 unspecified atom stereocenters. The van der Waals surface area contributed by atoms with Gasteiger partial charge in [0.1, 0.15) is 0 Å². The summed E-state index contributed by atoms with van der Waals surface area (Å²) in [5.41, 5.74) is 14.5. The molecule has 2 aliphatic carbocycles. The second-order valence-corrected chi connectivity index (χ2v) is 11.6. The summed E-state index contributed by atoms with van der Waals surface area (Å²) < 4.78 is 0. The number of nitrogens with one attached hydrogen (secondary N) is 1. The third-order valence-corrected chi connectivity index (χ3v) is 8.04. The van der Waals surface area contributed by atoms with E-state index in [1.165, 1.54) is 78.0 Å². The zero-order valence-electron chi connectivity index (χ0n) is 26.4. The number of rotatable bonds is 1. The predicted molar refractivity (Wildman–Crippen MR) is 183 cm³/mol. The van der Waals surface area contributed by atoms with Gasteiger partial charge in [0.25, 0.3) is 0 Å². The number of benzene rings is 3. The Morgan fingerprint density at radius 3 is 1.27 bits per heavy atom. The molecule has 5 rings (SSSR count). The monoisotopic (exact) mass is 731 g/mol. The molecule has 1 saturated carbocycles. The molecule has 0 bridgehead atoms. The van der Waals surface area contributed by atoms with Crippen LogP contribution in [0.5, 0.6) is 0 Å². The van der Waals surface area contributed by atoms with Crippen molar-refractivity contribution in [3.8, 4) is 11.1 Å². The minimum absolute atomic E-state index is 0. The Morgan fingerprint density at radius 1 is 0.634 bits per heavy atom. The van der Waals surface area contributed by atoms with E-state index in [-0.39, 0.29) is 39.3 Å². The van der Waals surface area contributed by atoms with Crippen LogP contribution in [0.25, 0.3) is 16.9 Å². The first-order chi connectivity index (χ1) is 18.9. The maximum atomic E-state index is 7.68. The van der Waals surface area contributed by atoms with Crippen LogP contribution in [-0.2, 0) is 25.8 Å². The van der Waals surface area contributed by atoms with Crippen LogP contribution in [0.3, 0.4) is 0 Å². The Labute approximate surface area is 275 Å². The standard InChI is InChI=1S/C12H10.C10H20N.C9H13.C6H7Si.CH3.Hf/c1-3-7-11(8-4-1)12-9-5-2-6-10-12;11-10-8-6-4-2-1-3-5-7-9-10;1-6-5-7(2)9(4)8(6)3;7-6-4-2-1-3-5-6;;/h1-10H;10-11H,1-9H2;6H,1-4H3;1-5H,7H2;1H3;/q;2*-1;;-1;. The van der Waals surface area contributed by atoms with Gasteiger partial charge in [0.15, 0.2) is 0 Å². The third-order valence-electron chi connectivity index (χ3n) is 7.57. The maximum absolute atomic E-state index is 7.68. The number of hydrogen-bond acceptors (Lipinski definition) is 0.